The van der Waals surface area contributed by atoms with E-state index in [4.69, 9.17) is 0 Å². The summed E-state index contributed by atoms with van der Waals surface area (Å²) < 4.78 is 0. The number of nitrogens with zero attached hydrogens (tertiary/aromatic N) is 2. The number of fused-ring (bicyclic) bond motifs is 4. The Morgan fingerprint density at radius 3 is 0.917 bits per heavy atom. The van der Waals surface area contributed by atoms with Gasteiger partial charge in [0.05, 0.1) is 11.4 Å². The van der Waals surface area contributed by atoms with Crippen LogP contribution in [0.3, 0.4) is 0 Å². The van der Waals surface area contributed by atoms with E-state index in [-0.39, 0.29) is 21.7 Å². The highest BCUT2D eigenvalue weighted by Gasteiger charge is 2.43. The number of hydrogen-bond donors (Lipinski definition) is 0. The second-order valence-corrected chi connectivity index (χ2v) is 21.2. The Kier molecular flexibility index (Phi) is 9.43. The molecule has 0 amide bonds. The predicted octanol–water partition coefficient (Wildman–Crippen LogP) is 16.9. The molecule has 2 aliphatic carbocycles. The van der Waals surface area contributed by atoms with Crippen LogP contribution in [-0.2, 0) is 21.7 Å². The summed E-state index contributed by atoms with van der Waals surface area (Å²) >= 11 is 0. The van der Waals surface area contributed by atoms with Gasteiger partial charge in [-0.1, -0.05) is 116 Å². The van der Waals surface area contributed by atoms with Crippen LogP contribution < -0.4 is 9.80 Å². The second-order valence-electron chi connectivity index (χ2n) is 21.2. The molecule has 0 heterocycles. The average molecular weight is 789 g/mol. The minimum atomic E-state index is -0.0323. The van der Waals surface area contributed by atoms with Crippen LogP contribution in [0.1, 0.15) is 126 Å². The highest BCUT2D eigenvalue weighted by Crippen LogP contribution is 2.58. The Labute approximate surface area is 360 Å². The molecule has 0 saturated carbocycles. The molecule has 306 valence electrons. The van der Waals surface area contributed by atoms with Crippen LogP contribution in [0.25, 0.3) is 21.5 Å². The molecule has 0 fully saturated rings. The lowest BCUT2D eigenvalue weighted by Gasteiger charge is -2.46. The van der Waals surface area contributed by atoms with Gasteiger partial charge in [-0.25, -0.2) is 0 Å². The van der Waals surface area contributed by atoms with Crippen molar-refractivity contribution in [3.8, 4) is 0 Å². The molecule has 0 aliphatic heterocycles. The topological polar surface area (TPSA) is 6.48 Å². The van der Waals surface area contributed by atoms with Gasteiger partial charge in [-0.05, 0) is 191 Å². The molecule has 9 rings (SSSR count). The van der Waals surface area contributed by atoms with Crippen molar-refractivity contribution >= 4 is 55.7 Å². The van der Waals surface area contributed by atoms with Crippen molar-refractivity contribution in [2.75, 3.05) is 9.80 Å². The predicted molar refractivity (Wildman–Crippen MR) is 260 cm³/mol. The van der Waals surface area contributed by atoms with Crippen molar-refractivity contribution in [2.24, 2.45) is 0 Å². The van der Waals surface area contributed by atoms with Crippen molar-refractivity contribution in [3.05, 3.63) is 166 Å². The molecule has 0 spiro atoms. The molecule has 2 heteroatoms. The van der Waals surface area contributed by atoms with Gasteiger partial charge in [0.2, 0.25) is 0 Å². The van der Waals surface area contributed by atoms with Gasteiger partial charge in [-0.2, -0.15) is 0 Å². The Morgan fingerprint density at radius 1 is 0.350 bits per heavy atom. The quantitative estimate of drug-likeness (QED) is 0.155. The molecule has 7 aromatic rings. The first-order valence-electron chi connectivity index (χ1n) is 22.4. The molecular formula is C58H64N2. The fraction of sp³-hybridized carbons (Fsp3) is 0.345. The summed E-state index contributed by atoms with van der Waals surface area (Å²) in [6.45, 7) is 28.7. The first-order chi connectivity index (χ1) is 28.3. The Bertz CT molecular complexity index is 2540. The molecule has 0 aromatic heterocycles. The van der Waals surface area contributed by atoms with E-state index in [1.807, 2.05) is 0 Å². The van der Waals surface area contributed by atoms with Crippen LogP contribution in [0.15, 0.2) is 121 Å². The van der Waals surface area contributed by atoms with E-state index in [0.29, 0.717) is 0 Å². The number of anilines is 6. The van der Waals surface area contributed by atoms with E-state index in [9.17, 15) is 0 Å². The van der Waals surface area contributed by atoms with Gasteiger partial charge < -0.3 is 9.80 Å². The maximum absolute atomic E-state index is 2.61. The van der Waals surface area contributed by atoms with Crippen molar-refractivity contribution in [3.63, 3.8) is 0 Å². The van der Waals surface area contributed by atoms with Crippen LogP contribution in [0.4, 0.5) is 34.1 Å². The minimum Gasteiger partial charge on any atom is -0.310 e. The van der Waals surface area contributed by atoms with Crippen molar-refractivity contribution < 1.29 is 0 Å². The number of hydrogen-bond acceptors (Lipinski definition) is 2. The zero-order chi connectivity index (χ0) is 42.5. The van der Waals surface area contributed by atoms with Crippen LogP contribution in [0.2, 0.25) is 0 Å². The molecule has 2 aliphatic rings. The molecule has 0 radical (unpaired) electrons. The third-order valence-corrected chi connectivity index (χ3v) is 14.4. The number of aryl methyl sites for hydroxylation is 4. The molecule has 0 N–H and O–H groups in total. The number of rotatable bonds is 6. The molecule has 0 saturated heterocycles. The molecule has 7 aromatic carbocycles. The van der Waals surface area contributed by atoms with Crippen LogP contribution in [0, 0.1) is 27.7 Å². The molecule has 0 atom stereocenters. The highest BCUT2D eigenvalue weighted by molar-refractivity contribution is 6.13. The first kappa shape index (κ1) is 40.1. The minimum absolute atomic E-state index is 0.00743. The van der Waals surface area contributed by atoms with Gasteiger partial charge in [-0.15, -0.1) is 0 Å². The third kappa shape index (κ3) is 6.72. The first-order valence-corrected chi connectivity index (χ1v) is 22.4. The summed E-state index contributed by atoms with van der Waals surface area (Å²) in [6.07, 6.45) is 4.57. The van der Waals surface area contributed by atoms with Gasteiger partial charge in [0.1, 0.15) is 0 Å². The highest BCUT2D eigenvalue weighted by atomic mass is 15.2. The van der Waals surface area contributed by atoms with Crippen LogP contribution >= 0.6 is 0 Å². The zero-order valence-electron chi connectivity index (χ0n) is 38.3. The maximum Gasteiger partial charge on any atom is 0.0580 e. The lowest BCUT2D eigenvalue weighted by atomic mass is 9.61. The fourth-order valence-electron chi connectivity index (χ4n) is 10.8. The molecule has 0 bridgehead atoms. The molecular weight excluding hydrogens is 725 g/mol. The second kappa shape index (κ2) is 14.1. The Morgan fingerprint density at radius 2 is 0.633 bits per heavy atom. The van der Waals surface area contributed by atoms with E-state index in [0.717, 1.165) is 25.7 Å². The summed E-state index contributed by atoms with van der Waals surface area (Å²) in [6, 6.07) is 46.9. The summed E-state index contributed by atoms with van der Waals surface area (Å²) in [5.74, 6) is 0. The van der Waals surface area contributed by atoms with E-state index >= 15 is 0 Å². The van der Waals surface area contributed by atoms with Crippen molar-refractivity contribution in [2.45, 2.75) is 130 Å². The SMILES string of the molecule is Cc1cccc(N(c2cccc(C)c2)c2c3c(cc4cc5c(N(c6cccc(C)c6)c6cccc(C)c6)c6c(cc5cc24)C(C)(C)CCC6(C)C)C(C)(C)CCC3(C)C)c1. The van der Waals surface area contributed by atoms with E-state index in [1.165, 1.54) is 100 Å². The smallest absolute Gasteiger partial charge is 0.0580 e. The largest absolute Gasteiger partial charge is 0.310 e. The summed E-state index contributed by atoms with van der Waals surface area (Å²) in [4.78, 5) is 5.21. The lowest BCUT2D eigenvalue weighted by Crippen LogP contribution is -2.36. The van der Waals surface area contributed by atoms with E-state index < -0.39 is 0 Å². The average Bonchev–Trinajstić information content (AvgIpc) is 3.18. The summed E-state index contributed by atoms with van der Waals surface area (Å²) in [5.41, 5.74) is 18.4. The van der Waals surface area contributed by atoms with Crippen LogP contribution in [0.5, 0.6) is 0 Å². The lowest BCUT2D eigenvalue weighted by molar-refractivity contribution is 0.333. The monoisotopic (exact) mass is 789 g/mol. The standard InChI is InChI=1S/C58H64N2/c1-37-17-13-21-43(29-37)59(44-22-14-18-38(2)30-44)53-47-33-42-36-50-52(58(11,12)28-26-56(50,7)8)54(60(45-23-15-19-39(3)31-45)46-24-16-20-40(4)32-46)48(42)34-41(47)35-49-51(53)57(9,10)27-25-55(49,5)6/h13-24,29-36H,25-28H2,1-12H3. The number of benzene rings is 7. The zero-order valence-corrected chi connectivity index (χ0v) is 38.3. The molecule has 60 heavy (non-hydrogen) atoms. The Balaban J connectivity index is 1.50. The van der Waals surface area contributed by atoms with E-state index in [2.05, 4.69) is 214 Å². The van der Waals surface area contributed by atoms with Gasteiger partial charge in [-0.3, -0.25) is 0 Å². The third-order valence-electron chi connectivity index (χ3n) is 14.4. The summed E-state index contributed by atoms with van der Waals surface area (Å²) in [5, 5.41) is 5.22. The van der Waals surface area contributed by atoms with Gasteiger partial charge >= 0.3 is 0 Å². The summed E-state index contributed by atoms with van der Waals surface area (Å²) in [7, 11) is 0. The van der Waals surface area contributed by atoms with Gasteiger partial charge in [0, 0.05) is 33.5 Å². The van der Waals surface area contributed by atoms with Crippen molar-refractivity contribution in [1.29, 1.82) is 0 Å². The van der Waals surface area contributed by atoms with Crippen LogP contribution in [-0.4, -0.2) is 0 Å². The van der Waals surface area contributed by atoms with Gasteiger partial charge in [0.15, 0.2) is 0 Å². The van der Waals surface area contributed by atoms with Crippen molar-refractivity contribution in [1.82, 2.24) is 0 Å². The van der Waals surface area contributed by atoms with Gasteiger partial charge in [0.25, 0.3) is 0 Å². The fourth-order valence-corrected chi connectivity index (χ4v) is 10.8. The molecule has 0 unspecified atom stereocenters. The molecule has 2 nitrogen and oxygen atoms in total. The normalized spacial score (nSPS) is 17.3. The Hall–Kier alpha value is -5.34. The maximum atomic E-state index is 2.61. The van der Waals surface area contributed by atoms with E-state index in [1.54, 1.807) is 0 Å².